The molecule has 0 atom stereocenters. The normalized spacial score (nSPS) is 11.7. The molecule has 1 aromatic heterocycles. The van der Waals surface area contributed by atoms with Crippen LogP contribution in [0, 0.1) is 5.82 Å². The lowest BCUT2D eigenvalue weighted by Crippen LogP contribution is -2.12. The number of benzene rings is 2. The summed E-state index contributed by atoms with van der Waals surface area (Å²) in [7, 11) is -1.99. The van der Waals surface area contributed by atoms with Gasteiger partial charge in [-0.15, -0.1) is 0 Å². The zero-order valence-corrected chi connectivity index (χ0v) is 12.1. The highest BCUT2D eigenvalue weighted by molar-refractivity contribution is 7.90. The van der Waals surface area contributed by atoms with E-state index >= 15 is 0 Å². The van der Waals surface area contributed by atoms with E-state index in [-0.39, 0.29) is 4.90 Å². The number of nitrogens with one attached hydrogen (secondary N) is 1. The fourth-order valence-electron chi connectivity index (χ4n) is 2.22. The topological polar surface area (TPSA) is 51.1 Å². The van der Waals surface area contributed by atoms with Crippen LogP contribution < -0.4 is 5.32 Å². The third kappa shape index (κ3) is 2.27. The van der Waals surface area contributed by atoms with E-state index in [0.717, 1.165) is 3.97 Å². The molecule has 1 N–H and O–H groups in total. The van der Waals surface area contributed by atoms with E-state index in [4.69, 9.17) is 0 Å². The van der Waals surface area contributed by atoms with Gasteiger partial charge in [0.2, 0.25) is 0 Å². The third-order valence-corrected chi connectivity index (χ3v) is 4.98. The van der Waals surface area contributed by atoms with Crippen LogP contribution in [0.2, 0.25) is 0 Å². The molecule has 0 amide bonds. The Morgan fingerprint density at radius 1 is 1.10 bits per heavy atom. The second kappa shape index (κ2) is 4.89. The van der Waals surface area contributed by atoms with Crippen molar-refractivity contribution in [3.8, 4) is 0 Å². The van der Waals surface area contributed by atoms with Gasteiger partial charge in [0, 0.05) is 24.3 Å². The zero-order valence-electron chi connectivity index (χ0n) is 11.2. The molecule has 0 aliphatic carbocycles. The van der Waals surface area contributed by atoms with Crippen LogP contribution in [0.5, 0.6) is 0 Å². The van der Waals surface area contributed by atoms with Gasteiger partial charge in [-0.1, -0.05) is 6.07 Å². The van der Waals surface area contributed by atoms with Crippen molar-refractivity contribution >= 4 is 26.6 Å². The standard InChI is InChI=1S/C15H13FN2O2S/c1-17-13-3-2-4-14(10-13)21(19,20)18-8-7-11-9-12(16)5-6-15(11)18/h2-10,17H,1H3. The van der Waals surface area contributed by atoms with Crippen molar-refractivity contribution in [3.05, 3.63) is 60.5 Å². The number of hydrogen-bond donors (Lipinski definition) is 1. The van der Waals surface area contributed by atoms with Gasteiger partial charge in [0.15, 0.2) is 0 Å². The zero-order chi connectivity index (χ0) is 15.0. The number of halogens is 1. The van der Waals surface area contributed by atoms with Crippen LogP contribution in [-0.2, 0) is 10.0 Å². The number of fused-ring (bicyclic) bond motifs is 1. The lowest BCUT2D eigenvalue weighted by molar-refractivity contribution is 0.589. The molecule has 21 heavy (non-hydrogen) atoms. The van der Waals surface area contributed by atoms with Crippen molar-refractivity contribution in [1.29, 1.82) is 0 Å². The molecule has 108 valence electrons. The van der Waals surface area contributed by atoms with Gasteiger partial charge >= 0.3 is 0 Å². The number of rotatable bonds is 3. The van der Waals surface area contributed by atoms with Gasteiger partial charge in [-0.05, 0) is 42.5 Å². The molecule has 0 unspecified atom stereocenters. The van der Waals surface area contributed by atoms with Gasteiger partial charge in [-0.3, -0.25) is 0 Å². The maximum absolute atomic E-state index is 13.2. The first-order valence-corrected chi connectivity index (χ1v) is 7.76. The van der Waals surface area contributed by atoms with Crippen LogP contribution in [0.25, 0.3) is 10.9 Å². The van der Waals surface area contributed by atoms with Crippen LogP contribution in [0.15, 0.2) is 59.6 Å². The molecule has 0 aliphatic rings. The smallest absolute Gasteiger partial charge is 0.268 e. The molecule has 6 heteroatoms. The summed E-state index contributed by atoms with van der Waals surface area (Å²) >= 11 is 0. The Kier molecular flexibility index (Phi) is 3.17. The van der Waals surface area contributed by atoms with E-state index < -0.39 is 15.8 Å². The molecule has 0 saturated carbocycles. The average Bonchev–Trinajstić information content (AvgIpc) is 2.91. The van der Waals surface area contributed by atoms with Crippen molar-refractivity contribution < 1.29 is 12.8 Å². The Morgan fingerprint density at radius 2 is 1.90 bits per heavy atom. The highest BCUT2D eigenvalue weighted by atomic mass is 32.2. The van der Waals surface area contributed by atoms with Crippen LogP contribution in [-0.4, -0.2) is 19.4 Å². The Labute approximate surface area is 121 Å². The minimum absolute atomic E-state index is 0.177. The number of hydrogen-bond acceptors (Lipinski definition) is 3. The third-order valence-electron chi connectivity index (χ3n) is 3.30. The Morgan fingerprint density at radius 3 is 2.67 bits per heavy atom. The average molecular weight is 304 g/mol. The Balaban J connectivity index is 2.20. The molecule has 0 radical (unpaired) electrons. The molecule has 0 fully saturated rings. The van der Waals surface area contributed by atoms with E-state index in [1.807, 2.05) is 0 Å². The van der Waals surface area contributed by atoms with Crippen LogP contribution in [0.4, 0.5) is 10.1 Å². The lowest BCUT2D eigenvalue weighted by Gasteiger charge is -2.09. The summed E-state index contributed by atoms with van der Waals surface area (Å²) in [5, 5.41) is 3.45. The summed E-state index contributed by atoms with van der Waals surface area (Å²) in [6.07, 6.45) is 1.44. The maximum Gasteiger partial charge on any atom is 0.268 e. The monoisotopic (exact) mass is 304 g/mol. The molecular weight excluding hydrogens is 291 g/mol. The summed E-state index contributed by atoms with van der Waals surface area (Å²) in [6, 6.07) is 12.1. The molecule has 2 aromatic carbocycles. The molecule has 3 rings (SSSR count). The van der Waals surface area contributed by atoms with E-state index in [2.05, 4.69) is 5.32 Å². The Hall–Kier alpha value is -2.34. The predicted molar refractivity (Wildman–Crippen MR) is 80.5 cm³/mol. The van der Waals surface area contributed by atoms with Gasteiger partial charge in [-0.2, -0.15) is 0 Å². The summed E-state index contributed by atoms with van der Waals surface area (Å²) in [5.41, 5.74) is 1.16. The molecule has 0 aliphatic heterocycles. The van der Waals surface area contributed by atoms with Crippen molar-refractivity contribution in [2.45, 2.75) is 4.90 Å². The first-order valence-electron chi connectivity index (χ1n) is 6.32. The van der Waals surface area contributed by atoms with Crippen LogP contribution in [0.3, 0.4) is 0 Å². The van der Waals surface area contributed by atoms with Crippen molar-refractivity contribution in [1.82, 2.24) is 3.97 Å². The lowest BCUT2D eigenvalue weighted by atomic mass is 10.2. The van der Waals surface area contributed by atoms with Gasteiger partial charge in [0.05, 0.1) is 10.4 Å². The summed E-state index contributed by atoms with van der Waals surface area (Å²) in [5.74, 6) is -0.394. The summed E-state index contributed by atoms with van der Waals surface area (Å²) in [4.78, 5) is 0.177. The quantitative estimate of drug-likeness (QED) is 0.809. The first kappa shape index (κ1) is 13.6. The molecule has 0 spiro atoms. The number of anilines is 1. The van der Waals surface area contributed by atoms with Crippen molar-refractivity contribution in [3.63, 3.8) is 0 Å². The van der Waals surface area contributed by atoms with E-state index in [9.17, 15) is 12.8 Å². The maximum atomic E-state index is 13.2. The predicted octanol–water partition coefficient (Wildman–Crippen LogP) is 3.06. The molecule has 3 aromatic rings. The fourth-order valence-corrected chi connectivity index (χ4v) is 3.62. The van der Waals surface area contributed by atoms with E-state index in [0.29, 0.717) is 16.6 Å². The molecular formula is C15H13FN2O2S. The molecule has 0 bridgehead atoms. The minimum atomic E-state index is -3.71. The first-order chi connectivity index (χ1) is 10.0. The molecule has 4 nitrogen and oxygen atoms in total. The molecule has 0 saturated heterocycles. The van der Waals surface area contributed by atoms with Crippen LogP contribution >= 0.6 is 0 Å². The molecule has 1 heterocycles. The van der Waals surface area contributed by atoms with Crippen molar-refractivity contribution in [2.24, 2.45) is 0 Å². The number of aromatic nitrogens is 1. The second-order valence-corrected chi connectivity index (χ2v) is 6.41. The van der Waals surface area contributed by atoms with Gasteiger partial charge in [-0.25, -0.2) is 16.8 Å². The largest absolute Gasteiger partial charge is 0.388 e. The second-order valence-electron chi connectivity index (χ2n) is 4.60. The summed E-state index contributed by atoms with van der Waals surface area (Å²) in [6.45, 7) is 0. The number of nitrogens with zero attached hydrogens (tertiary/aromatic N) is 1. The highest BCUT2D eigenvalue weighted by Crippen LogP contribution is 2.24. The Bertz CT molecular complexity index is 916. The minimum Gasteiger partial charge on any atom is -0.388 e. The SMILES string of the molecule is CNc1cccc(S(=O)(=O)n2ccc3cc(F)ccc32)c1. The van der Waals surface area contributed by atoms with Crippen LogP contribution in [0.1, 0.15) is 0 Å². The van der Waals surface area contributed by atoms with Gasteiger partial charge in [0.1, 0.15) is 5.82 Å². The van der Waals surface area contributed by atoms with Gasteiger partial charge < -0.3 is 5.32 Å². The van der Waals surface area contributed by atoms with Crippen molar-refractivity contribution in [2.75, 3.05) is 12.4 Å². The van der Waals surface area contributed by atoms with E-state index in [1.165, 1.54) is 30.5 Å². The van der Waals surface area contributed by atoms with E-state index in [1.54, 1.807) is 31.3 Å². The van der Waals surface area contributed by atoms with Gasteiger partial charge in [0.25, 0.3) is 10.0 Å². The summed E-state index contributed by atoms with van der Waals surface area (Å²) < 4.78 is 39.8. The highest BCUT2D eigenvalue weighted by Gasteiger charge is 2.19. The fraction of sp³-hybridized carbons (Fsp3) is 0.0667.